The number of hydrogen-bond acceptors (Lipinski definition) is 5. The Hall–Kier alpha value is -3.88. The first kappa shape index (κ1) is 30.2. The molecule has 0 saturated heterocycles. The Labute approximate surface area is 260 Å². The predicted molar refractivity (Wildman–Crippen MR) is 170 cm³/mol. The summed E-state index contributed by atoms with van der Waals surface area (Å²) in [6, 6.07) is 11.1. The van der Waals surface area contributed by atoms with Gasteiger partial charge in [0.05, 0.1) is 19.3 Å². The zero-order valence-corrected chi connectivity index (χ0v) is 26.0. The van der Waals surface area contributed by atoms with Crippen molar-refractivity contribution in [3.63, 3.8) is 0 Å². The van der Waals surface area contributed by atoms with Crippen LogP contribution in [0.4, 0.5) is 10.6 Å². The van der Waals surface area contributed by atoms with Gasteiger partial charge >= 0.3 is 6.09 Å². The average molecular weight is 600 g/mol. The highest BCUT2D eigenvalue weighted by Crippen LogP contribution is 2.39. The van der Waals surface area contributed by atoms with Gasteiger partial charge in [0, 0.05) is 37.0 Å². The van der Waals surface area contributed by atoms with E-state index in [0.29, 0.717) is 36.8 Å². The van der Waals surface area contributed by atoms with Gasteiger partial charge in [-0.2, -0.15) is 5.10 Å². The molecule has 0 spiro atoms. The van der Waals surface area contributed by atoms with Crippen LogP contribution in [0.3, 0.4) is 0 Å². The van der Waals surface area contributed by atoms with Gasteiger partial charge in [-0.15, -0.1) is 0 Å². The lowest BCUT2D eigenvalue weighted by Gasteiger charge is -2.36. The molecule has 3 saturated carbocycles. The van der Waals surface area contributed by atoms with Crippen LogP contribution in [0.15, 0.2) is 48.9 Å². The maximum Gasteiger partial charge on any atom is 0.404 e. The third kappa shape index (κ3) is 7.08. The van der Waals surface area contributed by atoms with Crippen LogP contribution in [-0.2, 0) is 4.79 Å². The van der Waals surface area contributed by atoms with Crippen LogP contribution in [0.5, 0.6) is 5.75 Å². The zero-order valence-electron chi connectivity index (χ0n) is 26.0. The van der Waals surface area contributed by atoms with Crippen molar-refractivity contribution < 1.29 is 19.4 Å². The molecular formula is C35H45N5O4. The highest BCUT2D eigenvalue weighted by Gasteiger charge is 2.33. The average Bonchev–Trinajstić information content (AvgIpc) is 3.78. The van der Waals surface area contributed by atoms with Crippen LogP contribution < -0.4 is 15.0 Å². The number of benzene rings is 1. The van der Waals surface area contributed by atoms with Gasteiger partial charge in [-0.05, 0) is 124 Å². The van der Waals surface area contributed by atoms with Crippen molar-refractivity contribution in [1.82, 2.24) is 20.1 Å². The van der Waals surface area contributed by atoms with Gasteiger partial charge in [-0.25, -0.2) is 9.78 Å². The molecule has 2 heterocycles. The largest absolute Gasteiger partial charge is 0.496 e. The smallest absolute Gasteiger partial charge is 0.404 e. The van der Waals surface area contributed by atoms with Crippen LogP contribution in [-0.4, -0.2) is 52.1 Å². The highest BCUT2D eigenvalue weighted by atomic mass is 16.5. The van der Waals surface area contributed by atoms with Crippen LogP contribution in [0.25, 0.3) is 11.1 Å². The number of aryl methyl sites for hydroxylation is 1. The van der Waals surface area contributed by atoms with Crippen molar-refractivity contribution in [2.45, 2.75) is 83.1 Å². The van der Waals surface area contributed by atoms with Gasteiger partial charge in [0.2, 0.25) is 5.91 Å². The molecule has 3 aliphatic rings. The number of carbonyl (C=O) groups is 2. The number of rotatable bonds is 10. The van der Waals surface area contributed by atoms with Gasteiger partial charge in [0.15, 0.2) is 0 Å². The summed E-state index contributed by atoms with van der Waals surface area (Å²) >= 11 is 0. The molecular weight excluding hydrogens is 554 g/mol. The molecule has 0 unspecified atom stereocenters. The fourth-order valence-electron chi connectivity index (χ4n) is 7.23. The topological polar surface area (TPSA) is 110 Å². The summed E-state index contributed by atoms with van der Waals surface area (Å²) in [4.78, 5) is 31.9. The van der Waals surface area contributed by atoms with Gasteiger partial charge in [-0.3, -0.25) is 14.4 Å². The van der Waals surface area contributed by atoms with Gasteiger partial charge in [0.1, 0.15) is 11.6 Å². The van der Waals surface area contributed by atoms with E-state index in [1.165, 1.54) is 24.0 Å². The molecule has 44 heavy (non-hydrogen) atoms. The SMILES string of the molecule is COc1ccc(C2CCC(CN(C(=O)C3CCC(CNC(=O)O)CC3)c3cc(-c4cnn(C5CC5)c4)ccn3)CC2)cc1C. The number of aromatic nitrogens is 3. The third-order valence-electron chi connectivity index (χ3n) is 10.1. The minimum Gasteiger partial charge on any atom is -0.496 e. The summed E-state index contributed by atoms with van der Waals surface area (Å²) < 4.78 is 7.52. The lowest BCUT2D eigenvalue weighted by molar-refractivity contribution is -0.123. The van der Waals surface area contributed by atoms with Gasteiger partial charge in [-0.1, -0.05) is 12.1 Å². The van der Waals surface area contributed by atoms with Crippen molar-refractivity contribution in [3.05, 3.63) is 60.0 Å². The van der Waals surface area contributed by atoms with Crippen LogP contribution in [0.1, 0.15) is 87.3 Å². The first-order chi connectivity index (χ1) is 21.4. The zero-order chi connectivity index (χ0) is 30.6. The Morgan fingerprint density at radius 1 is 0.977 bits per heavy atom. The number of methoxy groups -OCH3 is 1. The molecule has 3 fully saturated rings. The van der Waals surface area contributed by atoms with Gasteiger partial charge in [0.25, 0.3) is 0 Å². The van der Waals surface area contributed by atoms with Gasteiger partial charge < -0.3 is 15.2 Å². The minimum atomic E-state index is -0.986. The lowest BCUT2D eigenvalue weighted by Crippen LogP contribution is -2.42. The molecule has 3 aliphatic carbocycles. The Balaban J connectivity index is 1.17. The van der Waals surface area contributed by atoms with E-state index in [2.05, 4.69) is 52.5 Å². The number of pyridine rings is 1. The quantitative estimate of drug-likeness (QED) is 0.260. The Morgan fingerprint density at radius 3 is 2.41 bits per heavy atom. The number of ether oxygens (including phenoxy) is 1. The molecule has 234 valence electrons. The minimum absolute atomic E-state index is 0.0715. The fourth-order valence-corrected chi connectivity index (χ4v) is 7.23. The predicted octanol–water partition coefficient (Wildman–Crippen LogP) is 6.98. The molecule has 6 rings (SSSR count). The van der Waals surface area contributed by atoms with Crippen molar-refractivity contribution in [1.29, 1.82) is 0 Å². The maximum atomic E-state index is 14.2. The second kappa shape index (κ2) is 13.4. The van der Waals surface area contributed by atoms with Crippen LogP contribution in [0, 0.1) is 24.7 Å². The molecule has 0 aliphatic heterocycles. The number of nitrogens with one attached hydrogen (secondary N) is 1. The second-order valence-electron chi connectivity index (χ2n) is 13.1. The molecule has 0 atom stereocenters. The Kier molecular flexibility index (Phi) is 9.19. The molecule has 2 N–H and O–H groups in total. The number of carbonyl (C=O) groups excluding carboxylic acids is 1. The van der Waals surface area contributed by atoms with E-state index in [-0.39, 0.29) is 17.7 Å². The summed E-state index contributed by atoms with van der Waals surface area (Å²) in [6.45, 7) is 3.23. The van der Waals surface area contributed by atoms with Crippen LogP contribution >= 0.6 is 0 Å². The summed E-state index contributed by atoms with van der Waals surface area (Å²) in [5, 5.41) is 16.1. The van der Waals surface area contributed by atoms with E-state index in [1.54, 1.807) is 7.11 Å². The van der Waals surface area contributed by atoms with E-state index >= 15 is 0 Å². The molecule has 9 heteroatoms. The number of amides is 2. The molecule has 2 aromatic heterocycles. The fraction of sp³-hybridized carbons (Fsp3) is 0.543. The standard InChI is InChI=1S/C35H45N5O4/c1-23-17-28(11-14-32(23)44-2)26-7-5-25(6-8-26)21-39(34(41)27-9-3-24(4-10-27)19-37-35(42)43)33-18-29(15-16-36-33)30-20-38-40(22-30)31-12-13-31/h11,14-18,20,22,24-27,31,37H,3-10,12-13,19,21H2,1-2H3,(H,42,43). The van der Waals surface area contributed by atoms with Crippen molar-refractivity contribution in [3.8, 4) is 16.9 Å². The number of anilines is 1. The summed E-state index contributed by atoms with van der Waals surface area (Å²) in [7, 11) is 1.72. The summed E-state index contributed by atoms with van der Waals surface area (Å²) in [5.41, 5.74) is 4.63. The molecule has 0 bridgehead atoms. The monoisotopic (exact) mass is 599 g/mol. The second-order valence-corrected chi connectivity index (χ2v) is 13.1. The van der Waals surface area contributed by atoms with E-state index in [1.807, 2.05) is 23.4 Å². The number of nitrogens with zero attached hydrogens (tertiary/aromatic N) is 4. The van der Waals surface area contributed by atoms with E-state index in [9.17, 15) is 9.59 Å². The first-order valence-electron chi connectivity index (χ1n) is 16.3. The van der Waals surface area contributed by atoms with Crippen molar-refractivity contribution in [2.75, 3.05) is 25.1 Å². The first-order valence-corrected chi connectivity index (χ1v) is 16.3. The summed E-state index contributed by atoms with van der Waals surface area (Å²) in [6.07, 6.45) is 14.8. The molecule has 3 aromatic rings. The molecule has 9 nitrogen and oxygen atoms in total. The normalized spacial score (nSPS) is 23.6. The highest BCUT2D eigenvalue weighted by molar-refractivity contribution is 5.94. The van der Waals surface area contributed by atoms with Crippen LogP contribution in [0.2, 0.25) is 0 Å². The van der Waals surface area contributed by atoms with E-state index in [0.717, 1.165) is 68.2 Å². The third-order valence-corrected chi connectivity index (χ3v) is 10.1. The van der Waals surface area contributed by atoms with E-state index < -0.39 is 6.09 Å². The maximum absolute atomic E-state index is 14.2. The number of carboxylic acid groups (broad SMARTS) is 1. The van der Waals surface area contributed by atoms with Crippen molar-refractivity contribution in [2.24, 2.45) is 17.8 Å². The lowest BCUT2D eigenvalue weighted by atomic mass is 9.77. The molecule has 1 aromatic carbocycles. The summed E-state index contributed by atoms with van der Waals surface area (Å²) in [5.74, 6) is 2.95. The Morgan fingerprint density at radius 2 is 1.73 bits per heavy atom. The van der Waals surface area contributed by atoms with Crippen molar-refractivity contribution >= 4 is 17.8 Å². The molecule has 2 amide bonds. The molecule has 0 radical (unpaired) electrons. The van der Waals surface area contributed by atoms with E-state index in [4.69, 9.17) is 14.8 Å². The number of hydrogen-bond donors (Lipinski definition) is 2. The Bertz CT molecular complexity index is 1450.